The maximum atomic E-state index is 12.5. The molecule has 0 unspecified atom stereocenters. The van der Waals surface area contributed by atoms with Gasteiger partial charge in [0, 0.05) is 5.54 Å². The number of sulfonamides is 1. The summed E-state index contributed by atoms with van der Waals surface area (Å²) in [4.78, 5) is 0.237. The molecule has 148 valence electrons. The molecule has 0 saturated carbocycles. The summed E-state index contributed by atoms with van der Waals surface area (Å²) >= 11 is 0. The van der Waals surface area contributed by atoms with Crippen LogP contribution < -0.4 is 4.72 Å². The summed E-state index contributed by atoms with van der Waals surface area (Å²) in [6.45, 7) is 6.96. The summed E-state index contributed by atoms with van der Waals surface area (Å²) in [5, 5.41) is 0. The lowest BCUT2D eigenvalue weighted by molar-refractivity contribution is 0.269. The molecule has 8 heteroatoms. The average molecular weight is 412 g/mol. The quantitative estimate of drug-likeness (QED) is 0.674. The van der Waals surface area contributed by atoms with Gasteiger partial charge in [0.15, 0.2) is 0 Å². The molecule has 0 radical (unpaired) electrons. The molecule has 0 aliphatic heterocycles. The molecule has 0 heterocycles. The van der Waals surface area contributed by atoms with Gasteiger partial charge in [0.1, 0.15) is 0 Å². The van der Waals surface area contributed by atoms with Gasteiger partial charge in [-0.25, -0.2) is 13.1 Å². The van der Waals surface area contributed by atoms with Crippen LogP contribution in [0, 0.1) is 13.8 Å². The first-order valence-corrected chi connectivity index (χ1v) is 11.4. The highest BCUT2D eigenvalue weighted by Crippen LogP contribution is 2.18. The van der Waals surface area contributed by atoms with Gasteiger partial charge in [0.05, 0.1) is 16.4 Å². The Balaban J connectivity index is 1.99. The zero-order valence-electron chi connectivity index (χ0n) is 15.9. The lowest BCUT2D eigenvalue weighted by Crippen LogP contribution is -2.44. The van der Waals surface area contributed by atoms with Crippen LogP contribution in [0.2, 0.25) is 0 Å². The van der Waals surface area contributed by atoms with Gasteiger partial charge in [-0.2, -0.15) is 8.42 Å². The molecule has 2 aromatic carbocycles. The second-order valence-corrected chi connectivity index (χ2v) is 10.4. The first kappa shape index (κ1) is 21.6. The van der Waals surface area contributed by atoms with Crippen molar-refractivity contribution in [1.29, 1.82) is 0 Å². The molecule has 0 amide bonds. The van der Waals surface area contributed by atoms with E-state index in [0.29, 0.717) is 0 Å². The highest BCUT2D eigenvalue weighted by Gasteiger charge is 2.27. The van der Waals surface area contributed by atoms with Gasteiger partial charge in [-0.3, -0.25) is 4.18 Å². The van der Waals surface area contributed by atoms with Gasteiger partial charge < -0.3 is 0 Å². The second kappa shape index (κ2) is 8.10. The molecular formula is C19H25NO5S2. The van der Waals surface area contributed by atoms with Crippen LogP contribution in [-0.4, -0.2) is 29.0 Å². The molecular weight excluding hydrogens is 386 g/mol. The van der Waals surface area contributed by atoms with Crippen LogP contribution in [0.15, 0.2) is 58.3 Å². The Kier molecular flexibility index (Phi) is 6.47. The third-order valence-electron chi connectivity index (χ3n) is 4.02. The number of benzene rings is 2. The molecule has 0 aliphatic rings. The summed E-state index contributed by atoms with van der Waals surface area (Å²) in [6.07, 6.45) is 0.184. The third-order valence-corrected chi connectivity index (χ3v) is 7.06. The predicted octanol–water partition coefficient (Wildman–Crippen LogP) is 3.16. The van der Waals surface area contributed by atoms with Crippen molar-refractivity contribution in [3.63, 3.8) is 0 Å². The Morgan fingerprint density at radius 3 is 1.74 bits per heavy atom. The van der Waals surface area contributed by atoms with Crippen molar-refractivity contribution in [3.05, 3.63) is 59.7 Å². The predicted molar refractivity (Wildman–Crippen MR) is 105 cm³/mol. The van der Waals surface area contributed by atoms with E-state index in [1.807, 2.05) is 13.8 Å². The van der Waals surface area contributed by atoms with E-state index in [2.05, 4.69) is 4.72 Å². The minimum Gasteiger partial charge on any atom is -0.266 e. The first-order valence-electron chi connectivity index (χ1n) is 8.48. The van der Waals surface area contributed by atoms with Gasteiger partial charge in [-0.1, -0.05) is 35.4 Å². The van der Waals surface area contributed by atoms with Crippen LogP contribution in [0.3, 0.4) is 0 Å². The van der Waals surface area contributed by atoms with Crippen LogP contribution in [0.25, 0.3) is 0 Å². The van der Waals surface area contributed by atoms with E-state index in [1.54, 1.807) is 38.1 Å². The normalized spacial score (nSPS) is 12.9. The van der Waals surface area contributed by atoms with Crippen molar-refractivity contribution in [2.45, 2.75) is 49.4 Å². The van der Waals surface area contributed by atoms with Crippen LogP contribution in [0.1, 0.15) is 31.4 Å². The molecule has 1 N–H and O–H groups in total. The molecule has 0 aromatic heterocycles. The van der Waals surface area contributed by atoms with E-state index in [-0.39, 0.29) is 22.8 Å². The van der Waals surface area contributed by atoms with Crippen molar-refractivity contribution >= 4 is 20.1 Å². The molecule has 0 aliphatic carbocycles. The minimum atomic E-state index is -3.88. The van der Waals surface area contributed by atoms with E-state index in [9.17, 15) is 16.8 Å². The monoisotopic (exact) mass is 411 g/mol. The SMILES string of the molecule is Cc1ccc(S(=O)(=O)NC(C)(C)CCOS(=O)(=O)c2ccc(C)cc2)cc1. The summed E-state index contributed by atoms with van der Waals surface area (Å²) in [5.41, 5.74) is 1.02. The molecule has 0 saturated heterocycles. The zero-order chi connectivity index (χ0) is 20.3. The molecule has 2 aromatic rings. The van der Waals surface area contributed by atoms with E-state index in [0.717, 1.165) is 11.1 Å². The molecule has 6 nitrogen and oxygen atoms in total. The Labute approximate surface area is 161 Å². The van der Waals surface area contributed by atoms with Crippen LogP contribution in [0.5, 0.6) is 0 Å². The first-order chi connectivity index (χ1) is 12.4. The fourth-order valence-corrected chi connectivity index (χ4v) is 4.72. The van der Waals surface area contributed by atoms with Crippen LogP contribution in [0.4, 0.5) is 0 Å². The average Bonchev–Trinajstić information content (AvgIpc) is 2.54. The standard InChI is InChI=1S/C19H25NO5S2/c1-15-5-9-17(10-6-15)26(21,22)20-19(3,4)13-14-25-27(23,24)18-11-7-16(2)8-12-18/h5-12,20H,13-14H2,1-4H3. The summed E-state index contributed by atoms with van der Waals surface area (Å²) in [7, 11) is -7.59. The minimum absolute atomic E-state index is 0.0751. The number of hydrogen-bond acceptors (Lipinski definition) is 5. The fraction of sp³-hybridized carbons (Fsp3) is 0.368. The van der Waals surface area contributed by atoms with Gasteiger partial charge in [0.2, 0.25) is 10.0 Å². The van der Waals surface area contributed by atoms with Crippen molar-refractivity contribution < 1.29 is 21.0 Å². The van der Waals surface area contributed by atoms with Crippen molar-refractivity contribution in [1.82, 2.24) is 4.72 Å². The topological polar surface area (TPSA) is 89.5 Å². The second-order valence-electron chi connectivity index (χ2n) is 7.14. The summed E-state index contributed by atoms with van der Waals surface area (Å²) in [5.74, 6) is 0. The maximum Gasteiger partial charge on any atom is 0.296 e. The molecule has 0 spiro atoms. The number of aryl methyl sites for hydroxylation is 2. The van der Waals surface area contributed by atoms with E-state index >= 15 is 0 Å². The molecule has 27 heavy (non-hydrogen) atoms. The summed E-state index contributed by atoms with van der Waals surface area (Å²) in [6, 6.07) is 12.9. The van der Waals surface area contributed by atoms with Crippen LogP contribution in [-0.2, 0) is 24.3 Å². The number of nitrogens with one attached hydrogen (secondary N) is 1. The highest BCUT2D eigenvalue weighted by atomic mass is 32.2. The lowest BCUT2D eigenvalue weighted by atomic mass is 10.0. The number of hydrogen-bond donors (Lipinski definition) is 1. The maximum absolute atomic E-state index is 12.5. The van der Waals surface area contributed by atoms with E-state index < -0.39 is 25.7 Å². The molecule has 0 fully saturated rings. The Morgan fingerprint density at radius 1 is 0.815 bits per heavy atom. The summed E-state index contributed by atoms with van der Waals surface area (Å²) < 4.78 is 57.1. The van der Waals surface area contributed by atoms with E-state index in [1.165, 1.54) is 24.3 Å². The molecule has 0 atom stereocenters. The van der Waals surface area contributed by atoms with Crippen molar-refractivity contribution in [2.75, 3.05) is 6.61 Å². The Hall–Kier alpha value is -1.74. The van der Waals surface area contributed by atoms with Gasteiger partial charge in [0.25, 0.3) is 10.1 Å². The van der Waals surface area contributed by atoms with Gasteiger partial charge in [-0.15, -0.1) is 0 Å². The van der Waals surface area contributed by atoms with Gasteiger partial charge in [-0.05, 0) is 58.4 Å². The Bertz CT molecular complexity index is 977. The highest BCUT2D eigenvalue weighted by molar-refractivity contribution is 7.89. The Morgan fingerprint density at radius 2 is 1.26 bits per heavy atom. The molecule has 0 bridgehead atoms. The van der Waals surface area contributed by atoms with Crippen molar-refractivity contribution in [3.8, 4) is 0 Å². The third kappa shape index (κ3) is 6.14. The fourth-order valence-electron chi connectivity index (χ4n) is 2.37. The number of rotatable bonds is 8. The van der Waals surface area contributed by atoms with Crippen molar-refractivity contribution in [2.24, 2.45) is 0 Å². The lowest BCUT2D eigenvalue weighted by Gasteiger charge is -2.25. The largest absolute Gasteiger partial charge is 0.296 e. The molecule has 2 rings (SSSR count). The van der Waals surface area contributed by atoms with Crippen LogP contribution >= 0.6 is 0 Å². The van der Waals surface area contributed by atoms with Gasteiger partial charge >= 0.3 is 0 Å². The zero-order valence-corrected chi connectivity index (χ0v) is 17.5. The van der Waals surface area contributed by atoms with E-state index in [4.69, 9.17) is 4.18 Å². The smallest absolute Gasteiger partial charge is 0.266 e.